The number of rotatable bonds is 5. The first-order valence-corrected chi connectivity index (χ1v) is 9.36. The van der Waals surface area contributed by atoms with Crippen molar-refractivity contribution in [1.29, 1.82) is 0 Å². The number of carbonyl (C=O) groups is 3. The van der Waals surface area contributed by atoms with Crippen molar-refractivity contribution in [2.24, 2.45) is 17.8 Å². The number of esters is 1. The van der Waals surface area contributed by atoms with E-state index < -0.39 is 0 Å². The second-order valence-corrected chi connectivity index (χ2v) is 7.63. The lowest BCUT2D eigenvalue weighted by molar-refractivity contribution is -0.152. The van der Waals surface area contributed by atoms with Crippen LogP contribution in [-0.4, -0.2) is 31.3 Å². The van der Waals surface area contributed by atoms with Crippen LogP contribution in [-0.2, 0) is 14.3 Å². The highest BCUT2D eigenvalue weighted by Crippen LogP contribution is 2.40. The van der Waals surface area contributed by atoms with E-state index in [-0.39, 0.29) is 36.1 Å². The molecule has 5 nitrogen and oxygen atoms in total. The third-order valence-corrected chi connectivity index (χ3v) is 5.82. The van der Waals surface area contributed by atoms with Crippen molar-refractivity contribution in [2.75, 3.05) is 13.7 Å². The highest BCUT2D eigenvalue weighted by atomic mass is 79.9. The molecule has 0 spiro atoms. The van der Waals surface area contributed by atoms with E-state index in [1.807, 2.05) is 0 Å². The Hall–Kier alpha value is -1.69. The minimum atomic E-state index is -0.356. The molecular weight excluding hydrogens is 388 g/mol. The summed E-state index contributed by atoms with van der Waals surface area (Å²) in [6.07, 6.45) is 3.94. The summed E-state index contributed by atoms with van der Waals surface area (Å²) in [6.45, 7) is -0.280. The monoisotopic (exact) mass is 408 g/mol. The van der Waals surface area contributed by atoms with E-state index in [2.05, 4.69) is 15.9 Å². The van der Waals surface area contributed by atoms with Gasteiger partial charge in [0.05, 0.1) is 17.5 Å². The Balaban J connectivity index is 1.56. The van der Waals surface area contributed by atoms with E-state index in [0.717, 1.165) is 19.3 Å². The van der Waals surface area contributed by atoms with Crippen LogP contribution in [0.3, 0.4) is 0 Å². The lowest BCUT2D eigenvalue weighted by Crippen LogP contribution is -2.39. The van der Waals surface area contributed by atoms with Gasteiger partial charge in [0.15, 0.2) is 12.4 Å². The highest BCUT2D eigenvalue weighted by molar-refractivity contribution is 9.10. The fraction of sp³-hybridized carbons (Fsp3) is 0.526. The molecule has 1 aromatic carbocycles. The number of hydrogen-bond acceptors (Lipinski definition) is 5. The lowest BCUT2D eigenvalue weighted by atomic mass is 9.67. The van der Waals surface area contributed by atoms with Gasteiger partial charge < -0.3 is 9.47 Å². The number of carbonyl (C=O) groups excluding carboxylic acids is 3. The zero-order chi connectivity index (χ0) is 18.0. The van der Waals surface area contributed by atoms with Crippen LogP contribution in [0.2, 0.25) is 0 Å². The second kappa shape index (κ2) is 7.68. The molecule has 2 bridgehead atoms. The molecule has 0 aromatic heterocycles. The molecule has 25 heavy (non-hydrogen) atoms. The molecule has 134 valence electrons. The molecule has 3 rings (SSSR count). The second-order valence-electron chi connectivity index (χ2n) is 6.78. The van der Waals surface area contributed by atoms with E-state index in [1.54, 1.807) is 25.3 Å². The van der Waals surface area contributed by atoms with Crippen LogP contribution in [0, 0.1) is 17.8 Å². The van der Waals surface area contributed by atoms with Gasteiger partial charge in [-0.05, 0) is 59.8 Å². The highest BCUT2D eigenvalue weighted by Gasteiger charge is 2.41. The molecule has 1 aromatic rings. The first kappa shape index (κ1) is 18.1. The van der Waals surface area contributed by atoms with Crippen LogP contribution in [0.4, 0.5) is 0 Å². The van der Waals surface area contributed by atoms with Gasteiger partial charge in [-0.25, -0.2) is 0 Å². The van der Waals surface area contributed by atoms with Crippen molar-refractivity contribution in [1.82, 2.24) is 0 Å². The van der Waals surface area contributed by atoms with E-state index in [4.69, 9.17) is 9.47 Å². The number of ketones is 2. The number of methoxy groups -OCH3 is 1. The van der Waals surface area contributed by atoms with Gasteiger partial charge in [0.2, 0.25) is 0 Å². The van der Waals surface area contributed by atoms with Crippen molar-refractivity contribution in [2.45, 2.75) is 32.1 Å². The molecule has 2 saturated carbocycles. The molecule has 0 aliphatic heterocycles. The average Bonchev–Trinajstić information content (AvgIpc) is 2.59. The number of fused-ring (bicyclic) bond motifs is 2. The Morgan fingerprint density at radius 2 is 1.88 bits per heavy atom. The van der Waals surface area contributed by atoms with Crippen LogP contribution in [0.25, 0.3) is 0 Å². The van der Waals surface area contributed by atoms with Crippen LogP contribution < -0.4 is 4.74 Å². The summed E-state index contributed by atoms with van der Waals surface area (Å²) in [5.74, 6) is 0.0653. The number of halogens is 1. The molecule has 0 unspecified atom stereocenters. The van der Waals surface area contributed by atoms with E-state index in [0.29, 0.717) is 34.4 Å². The van der Waals surface area contributed by atoms with Gasteiger partial charge in [-0.2, -0.15) is 0 Å². The molecule has 0 N–H and O–H groups in total. The maximum atomic E-state index is 12.3. The molecule has 2 aliphatic carbocycles. The first-order chi connectivity index (χ1) is 12.0. The minimum Gasteiger partial charge on any atom is -0.496 e. The molecular formula is C19H21BrO5. The number of ether oxygens (including phenoxy) is 2. The fourth-order valence-electron chi connectivity index (χ4n) is 3.85. The Bertz CT molecular complexity index is 683. The summed E-state index contributed by atoms with van der Waals surface area (Å²) in [7, 11) is 1.55. The third kappa shape index (κ3) is 3.94. The van der Waals surface area contributed by atoms with Crippen molar-refractivity contribution in [3.8, 4) is 5.75 Å². The maximum Gasteiger partial charge on any atom is 0.309 e. The predicted molar refractivity (Wildman–Crippen MR) is 94.5 cm³/mol. The molecule has 0 heterocycles. The van der Waals surface area contributed by atoms with E-state index in [9.17, 15) is 14.4 Å². The van der Waals surface area contributed by atoms with Gasteiger partial charge in [0.1, 0.15) is 11.5 Å². The SMILES string of the molecule is COc1ccc(C(=O)COC(=O)C2C[C@@H]3CCC[C@@H](C2)C3=O)cc1Br. The first-order valence-electron chi connectivity index (χ1n) is 8.56. The average molecular weight is 409 g/mol. The van der Waals surface area contributed by atoms with Crippen LogP contribution in [0.1, 0.15) is 42.5 Å². The standard InChI is InChI=1S/C19H21BrO5/c1-24-17-6-5-11(9-15(17)20)16(21)10-25-19(23)14-7-12-3-2-4-13(8-14)18(12)22/h5-6,9,12-14H,2-4,7-8,10H2,1H3/t12-,13-/m0/s1. The summed E-state index contributed by atoms with van der Waals surface area (Å²) >= 11 is 3.33. The van der Waals surface area contributed by atoms with Crippen LogP contribution >= 0.6 is 15.9 Å². The minimum absolute atomic E-state index is 0.00158. The fourth-order valence-corrected chi connectivity index (χ4v) is 4.39. The summed E-state index contributed by atoms with van der Waals surface area (Å²) in [6, 6.07) is 4.98. The van der Waals surface area contributed by atoms with Crippen molar-refractivity contribution < 1.29 is 23.9 Å². The van der Waals surface area contributed by atoms with Gasteiger partial charge in [-0.15, -0.1) is 0 Å². The lowest BCUT2D eigenvalue weighted by Gasteiger charge is -2.36. The number of Topliss-reactive ketones (excluding diaryl/α,β-unsaturated/α-hetero) is 2. The Labute approximate surface area is 155 Å². The Morgan fingerprint density at radius 1 is 1.20 bits per heavy atom. The van der Waals surface area contributed by atoms with Crippen LogP contribution in [0.5, 0.6) is 5.75 Å². The largest absolute Gasteiger partial charge is 0.496 e. The van der Waals surface area contributed by atoms with Gasteiger partial charge in [0, 0.05) is 17.4 Å². The molecule has 0 saturated heterocycles. The normalized spacial score (nSPS) is 25.4. The zero-order valence-electron chi connectivity index (χ0n) is 14.1. The summed E-state index contributed by atoms with van der Waals surface area (Å²) < 4.78 is 11.1. The third-order valence-electron chi connectivity index (χ3n) is 5.20. The van der Waals surface area contributed by atoms with Crippen molar-refractivity contribution in [3.05, 3.63) is 28.2 Å². The molecule has 0 amide bonds. The van der Waals surface area contributed by atoms with Gasteiger partial charge in [-0.1, -0.05) is 6.42 Å². The Kier molecular flexibility index (Phi) is 5.57. The van der Waals surface area contributed by atoms with Crippen molar-refractivity contribution >= 4 is 33.5 Å². The topological polar surface area (TPSA) is 69.7 Å². The zero-order valence-corrected chi connectivity index (χ0v) is 15.7. The van der Waals surface area contributed by atoms with Gasteiger partial charge in [-0.3, -0.25) is 14.4 Å². The molecule has 2 aliphatic rings. The molecule has 2 atom stereocenters. The quantitative estimate of drug-likeness (QED) is 0.549. The number of benzene rings is 1. The summed E-state index contributed by atoms with van der Waals surface area (Å²) in [4.78, 5) is 36.7. The van der Waals surface area contributed by atoms with Crippen LogP contribution in [0.15, 0.2) is 22.7 Å². The molecule has 6 heteroatoms. The molecule has 0 radical (unpaired) electrons. The van der Waals surface area contributed by atoms with Gasteiger partial charge in [0.25, 0.3) is 0 Å². The van der Waals surface area contributed by atoms with E-state index in [1.165, 1.54) is 0 Å². The van der Waals surface area contributed by atoms with Crippen molar-refractivity contribution in [3.63, 3.8) is 0 Å². The maximum absolute atomic E-state index is 12.3. The van der Waals surface area contributed by atoms with Gasteiger partial charge >= 0.3 is 5.97 Å². The predicted octanol–water partition coefficient (Wildman–Crippen LogP) is 3.58. The molecule has 2 fully saturated rings. The Morgan fingerprint density at radius 3 is 2.48 bits per heavy atom. The summed E-state index contributed by atoms with van der Waals surface area (Å²) in [5.41, 5.74) is 0.455. The number of hydrogen-bond donors (Lipinski definition) is 0. The smallest absolute Gasteiger partial charge is 0.309 e. The summed E-state index contributed by atoms with van der Waals surface area (Å²) in [5, 5.41) is 0. The van der Waals surface area contributed by atoms with E-state index >= 15 is 0 Å².